The summed E-state index contributed by atoms with van der Waals surface area (Å²) in [7, 11) is 2.26. The second kappa shape index (κ2) is 7.12. The highest BCUT2D eigenvalue weighted by Gasteiger charge is 2.46. The topological polar surface area (TPSA) is 41.4 Å². The molecule has 2 aliphatic rings. The second-order valence-electron chi connectivity index (χ2n) is 8.38. The fraction of sp³-hybridized carbons (Fsp3) is 0.545. The molecule has 3 heterocycles. The average molecular weight is 367 g/mol. The summed E-state index contributed by atoms with van der Waals surface area (Å²) < 4.78 is 1.83. The van der Waals surface area contributed by atoms with E-state index in [-0.39, 0.29) is 11.4 Å². The van der Waals surface area contributed by atoms with Crippen molar-refractivity contribution in [1.82, 2.24) is 19.6 Å². The summed E-state index contributed by atoms with van der Waals surface area (Å²) in [4.78, 5) is 17.3. The first-order chi connectivity index (χ1) is 13.0. The molecular formula is C22H30N4O. The van der Waals surface area contributed by atoms with Gasteiger partial charge in [-0.05, 0) is 57.7 Å². The fourth-order valence-corrected chi connectivity index (χ4v) is 4.97. The maximum Gasteiger partial charge on any atom is 0.244 e. The summed E-state index contributed by atoms with van der Waals surface area (Å²) in [5.74, 6) is 0.796. The molecule has 0 radical (unpaired) electrons. The molecule has 2 aromatic rings. The smallest absolute Gasteiger partial charge is 0.244 e. The Kier molecular flexibility index (Phi) is 4.81. The number of likely N-dealkylation sites (N-methyl/N-ethyl adjacent to an activating group) is 1. The lowest BCUT2D eigenvalue weighted by molar-refractivity contribution is -0.134. The van der Waals surface area contributed by atoms with E-state index >= 15 is 0 Å². The van der Waals surface area contributed by atoms with Gasteiger partial charge in [-0.1, -0.05) is 30.3 Å². The Morgan fingerprint density at radius 1 is 1.19 bits per heavy atom. The summed E-state index contributed by atoms with van der Waals surface area (Å²) in [6, 6.07) is 12.9. The predicted molar refractivity (Wildman–Crippen MR) is 107 cm³/mol. The van der Waals surface area contributed by atoms with Gasteiger partial charge in [-0.25, -0.2) is 0 Å². The van der Waals surface area contributed by atoms with Crippen molar-refractivity contribution >= 4 is 5.91 Å². The van der Waals surface area contributed by atoms with Crippen LogP contribution in [0.5, 0.6) is 0 Å². The molecule has 0 aliphatic carbocycles. The van der Waals surface area contributed by atoms with Crippen molar-refractivity contribution in [2.24, 2.45) is 0 Å². The summed E-state index contributed by atoms with van der Waals surface area (Å²) in [6.07, 6.45) is 3.33. The minimum Gasteiger partial charge on any atom is -0.341 e. The Balaban J connectivity index is 1.38. The van der Waals surface area contributed by atoms with Gasteiger partial charge in [0.1, 0.15) is 6.54 Å². The Hall–Kier alpha value is -2.14. The first-order valence-electron chi connectivity index (χ1n) is 10.0. The van der Waals surface area contributed by atoms with E-state index in [0.29, 0.717) is 12.5 Å². The number of benzene rings is 1. The monoisotopic (exact) mass is 366 g/mol. The highest BCUT2D eigenvalue weighted by molar-refractivity contribution is 5.76. The van der Waals surface area contributed by atoms with Crippen LogP contribution in [-0.2, 0) is 11.3 Å². The van der Waals surface area contributed by atoms with Gasteiger partial charge in [0.15, 0.2) is 0 Å². The summed E-state index contributed by atoms with van der Waals surface area (Å²) in [5.41, 5.74) is 3.72. The van der Waals surface area contributed by atoms with Crippen molar-refractivity contribution in [2.45, 2.75) is 51.1 Å². The van der Waals surface area contributed by atoms with Gasteiger partial charge in [0.05, 0.1) is 5.69 Å². The second-order valence-corrected chi connectivity index (χ2v) is 8.38. The van der Waals surface area contributed by atoms with E-state index in [9.17, 15) is 4.79 Å². The van der Waals surface area contributed by atoms with Crippen molar-refractivity contribution in [1.29, 1.82) is 0 Å². The maximum atomic E-state index is 12.8. The van der Waals surface area contributed by atoms with E-state index in [1.165, 1.54) is 12.0 Å². The van der Waals surface area contributed by atoms with Gasteiger partial charge in [-0.15, -0.1) is 0 Å². The highest BCUT2D eigenvalue weighted by atomic mass is 16.2. The SMILES string of the molecule is Cc1cc(C)n(CC(=O)N2CCC3(CC2)CC(c2ccccc2)CN3C)n1. The Bertz CT molecular complexity index is 805. The largest absolute Gasteiger partial charge is 0.341 e. The van der Waals surface area contributed by atoms with Crippen LogP contribution in [0.1, 0.15) is 42.1 Å². The molecule has 1 aromatic heterocycles. The van der Waals surface area contributed by atoms with Gasteiger partial charge < -0.3 is 4.90 Å². The molecule has 5 nitrogen and oxygen atoms in total. The minimum absolute atomic E-state index is 0.191. The van der Waals surface area contributed by atoms with Crippen LogP contribution in [0.15, 0.2) is 36.4 Å². The third-order valence-electron chi connectivity index (χ3n) is 6.64. The molecule has 1 atom stereocenters. The molecule has 2 saturated heterocycles. The van der Waals surface area contributed by atoms with Crippen LogP contribution in [0.2, 0.25) is 0 Å². The molecule has 1 unspecified atom stereocenters. The predicted octanol–water partition coefficient (Wildman–Crippen LogP) is 2.98. The molecule has 0 N–H and O–H groups in total. The number of nitrogens with zero attached hydrogens (tertiary/aromatic N) is 4. The molecular weight excluding hydrogens is 336 g/mol. The van der Waals surface area contributed by atoms with Crippen LogP contribution < -0.4 is 0 Å². The maximum absolute atomic E-state index is 12.8. The number of carbonyl (C=O) groups is 1. The molecule has 0 bridgehead atoms. The Morgan fingerprint density at radius 3 is 2.52 bits per heavy atom. The van der Waals surface area contributed by atoms with Gasteiger partial charge in [0.2, 0.25) is 5.91 Å². The van der Waals surface area contributed by atoms with E-state index in [0.717, 1.165) is 43.9 Å². The van der Waals surface area contributed by atoms with E-state index in [2.05, 4.69) is 47.4 Å². The summed E-state index contributed by atoms with van der Waals surface area (Å²) >= 11 is 0. The van der Waals surface area contributed by atoms with E-state index in [1.54, 1.807) is 0 Å². The van der Waals surface area contributed by atoms with Gasteiger partial charge >= 0.3 is 0 Å². The number of hydrogen-bond acceptors (Lipinski definition) is 3. The lowest BCUT2D eigenvalue weighted by Crippen LogP contribution is -2.52. The zero-order chi connectivity index (χ0) is 19.0. The van der Waals surface area contributed by atoms with Crippen LogP contribution in [0.3, 0.4) is 0 Å². The van der Waals surface area contributed by atoms with Crippen molar-refractivity contribution < 1.29 is 4.79 Å². The van der Waals surface area contributed by atoms with E-state index in [1.807, 2.05) is 29.5 Å². The minimum atomic E-state index is 0.191. The van der Waals surface area contributed by atoms with Gasteiger partial charge in [0, 0.05) is 30.9 Å². The lowest BCUT2D eigenvalue weighted by atomic mass is 9.81. The number of aryl methyl sites for hydroxylation is 2. The number of piperidine rings is 1. The molecule has 1 amide bonds. The van der Waals surface area contributed by atoms with Crippen molar-refractivity contribution in [2.75, 3.05) is 26.7 Å². The van der Waals surface area contributed by atoms with Crippen LogP contribution >= 0.6 is 0 Å². The molecule has 1 aromatic carbocycles. The molecule has 5 heteroatoms. The Morgan fingerprint density at radius 2 is 1.89 bits per heavy atom. The molecule has 1 spiro atoms. The normalized spacial score (nSPS) is 22.5. The Labute approximate surface area is 162 Å². The average Bonchev–Trinajstić information content (AvgIpc) is 3.15. The molecule has 0 saturated carbocycles. The fourth-order valence-electron chi connectivity index (χ4n) is 4.97. The number of aromatic nitrogens is 2. The van der Waals surface area contributed by atoms with E-state index in [4.69, 9.17) is 0 Å². The zero-order valence-corrected chi connectivity index (χ0v) is 16.7. The van der Waals surface area contributed by atoms with Gasteiger partial charge in [-0.3, -0.25) is 14.4 Å². The van der Waals surface area contributed by atoms with Crippen molar-refractivity contribution in [3.05, 3.63) is 53.3 Å². The number of carbonyl (C=O) groups excluding carboxylic acids is 1. The van der Waals surface area contributed by atoms with Crippen LogP contribution in [-0.4, -0.2) is 57.7 Å². The number of amides is 1. The summed E-state index contributed by atoms with van der Waals surface area (Å²) in [6.45, 7) is 7.15. The van der Waals surface area contributed by atoms with E-state index < -0.39 is 0 Å². The third-order valence-corrected chi connectivity index (χ3v) is 6.64. The first kappa shape index (κ1) is 18.2. The molecule has 2 aliphatic heterocycles. The van der Waals surface area contributed by atoms with Gasteiger partial charge in [0.25, 0.3) is 0 Å². The lowest BCUT2D eigenvalue weighted by Gasteiger charge is -2.43. The zero-order valence-electron chi connectivity index (χ0n) is 16.7. The van der Waals surface area contributed by atoms with Crippen LogP contribution in [0.4, 0.5) is 0 Å². The third kappa shape index (κ3) is 3.53. The van der Waals surface area contributed by atoms with Crippen molar-refractivity contribution in [3.8, 4) is 0 Å². The van der Waals surface area contributed by atoms with Crippen LogP contribution in [0.25, 0.3) is 0 Å². The van der Waals surface area contributed by atoms with Crippen molar-refractivity contribution in [3.63, 3.8) is 0 Å². The van der Waals surface area contributed by atoms with Crippen LogP contribution in [0, 0.1) is 13.8 Å². The first-order valence-corrected chi connectivity index (χ1v) is 10.0. The number of hydrogen-bond donors (Lipinski definition) is 0. The standard InChI is InChI=1S/C22H30N4O/c1-17-13-18(2)26(23-17)16-21(27)25-11-9-22(10-12-25)14-20(15-24(22)3)19-7-5-4-6-8-19/h4-8,13,20H,9-12,14-16H2,1-3H3. The quantitative estimate of drug-likeness (QED) is 0.839. The highest BCUT2D eigenvalue weighted by Crippen LogP contribution is 2.43. The molecule has 2 fully saturated rings. The number of rotatable bonds is 3. The molecule has 4 rings (SSSR count). The molecule has 144 valence electrons. The molecule has 27 heavy (non-hydrogen) atoms. The summed E-state index contributed by atoms with van der Waals surface area (Å²) in [5, 5.41) is 4.43. The van der Waals surface area contributed by atoms with Gasteiger partial charge in [-0.2, -0.15) is 5.10 Å². The number of likely N-dealkylation sites (tertiary alicyclic amines) is 2.